The van der Waals surface area contributed by atoms with E-state index in [1.807, 2.05) is 72.9 Å². The number of fused-ring (bicyclic) bond motifs is 5. The summed E-state index contributed by atoms with van der Waals surface area (Å²) in [7, 11) is 0. The van der Waals surface area contributed by atoms with Crippen LogP contribution in [0.4, 0.5) is 13.2 Å². The number of hydrogen-bond donors (Lipinski definition) is 0. The number of ether oxygens (including phenoxy) is 1. The van der Waals surface area contributed by atoms with Crippen molar-refractivity contribution >= 4 is 21.9 Å². The molecule has 8 heteroatoms. The number of halogens is 3. The molecule has 0 amide bonds. The number of furan rings is 1. The predicted molar refractivity (Wildman–Crippen MR) is 177 cm³/mol. The van der Waals surface area contributed by atoms with Crippen LogP contribution in [0.25, 0.3) is 44.5 Å². The average Bonchev–Trinajstić information content (AvgIpc) is 3.50. The van der Waals surface area contributed by atoms with Gasteiger partial charge in [-0.2, -0.15) is 13.2 Å². The van der Waals surface area contributed by atoms with Gasteiger partial charge in [-0.05, 0) is 46.6 Å². The van der Waals surface area contributed by atoms with Crippen molar-refractivity contribution in [2.75, 3.05) is 0 Å². The molecule has 0 unspecified atom stereocenters. The molecular weight excluding hydrogens is 790 g/mol. The Labute approximate surface area is 290 Å². The summed E-state index contributed by atoms with van der Waals surface area (Å²) in [6.45, 7) is 4.51. The summed E-state index contributed by atoms with van der Waals surface area (Å²) in [5.41, 5.74) is 5.42. The van der Waals surface area contributed by atoms with E-state index < -0.39 is 11.7 Å². The second kappa shape index (κ2) is 13.4. The van der Waals surface area contributed by atoms with Gasteiger partial charge in [-0.25, -0.2) is 0 Å². The van der Waals surface area contributed by atoms with E-state index in [1.165, 1.54) is 11.1 Å². The Bertz CT molecular complexity index is 2210. The van der Waals surface area contributed by atoms with Gasteiger partial charge in [0.1, 0.15) is 11.3 Å². The molecule has 0 saturated heterocycles. The minimum Gasteiger partial charge on any atom is -0.501 e. The maximum atomic E-state index is 12.9. The largest absolute Gasteiger partial charge is 0.501 e. The fourth-order valence-electron chi connectivity index (χ4n) is 6.57. The van der Waals surface area contributed by atoms with Gasteiger partial charge in [0.25, 0.3) is 0 Å². The van der Waals surface area contributed by atoms with Crippen LogP contribution in [-0.4, -0.2) is 9.97 Å². The molecule has 4 heterocycles. The van der Waals surface area contributed by atoms with E-state index in [4.69, 9.17) is 9.15 Å². The molecular formula is C40H29F3IrN2O2-2. The number of alkyl halides is 3. The summed E-state index contributed by atoms with van der Waals surface area (Å²) in [5, 5.41) is 1.73. The minimum atomic E-state index is -4.42. The van der Waals surface area contributed by atoms with Crippen molar-refractivity contribution in [3.63, 3.8) is 0 Å². The first-order valence-corrected chi connectivity index (χ1v) is 15.4. The monoisotopic (exact) mass is 819 g/mol. The Morgan fingerprint density at radius 1 is 0.708 bits per heavy atom. The molecule has 3 aromatic heterocycles. The molecule has 243 valence electrons. The van der Waals surface area contributed by atoms with Crippen molar-refractivity contribution in [1.29, 1.82) is 0 Å². The molecule has 0 spiro atoms. The van der Waals surface area contributed by atoms with Gasteiger partial charge in [0, 0.05) is 43.4 Å². The Morgan fingerprint density at radius 2 is 1.42 bits per heavy atom. The second-order valence-electron chi connectivity index (χ2n) is 11.3. The van der Waals surface area contributed by atoms with Crippen LogP contribution in [0.1, 0.15) is 43.4 Å². The summed E-state index contributed by atoms with van der Waals surface area (Å²) >= 11 is 0. The third kappa shape index (κ3) is 5.80. The first-order chi connectivity index (χ1) is 22.8. The third-order valence-electron chi connectivity index (χ3n) is 8.87. The van der Waals surface area contributed by atoms with Crippen LogP contribution in [0, 0.1) is 12.1 Å². The molecule has 4 aromatic carbocycles. The molecule has 0 saturated carbocycles. The maximum absolute atomic E-state index is 12.9. The molecule has 0 fully saturated rings. The van der Waals surface area contributed by atoms with Crippen molar-refractivity contribution in [3.05, 3.63) is 144 Å². The van der Waals surface area contributed by atoms with Crippen molar-refractivity contribution in [1.82, 2.24) is 9.97 Å². The van der Waals surface area contributed by atoms with E-state index in [9.17, 15) is 13.2 Å². The Hall–Kier alpha value is -4.78. The van der Waals surface area contributed by atoms with Crippen LogP contribution < -0.4 is 4.74 Å². The molecule has 4 nitrogen and oxygen atoms in total. The minimum absolute atomic E-state index is 0. The SMILES string of the molecule is CCC1(CC)c2ccccc2Oc2cc[c-]c(-c3ccccn3)c21.FC(F)(F)c1ccnc(-c2[c-]ccc3c2oc2ccccc23)c1.[Ir]. The van der Waals surface area contributed by atoms with Gasteiger partial charge in [0.15, 0.2) is 0 Å². The Balaban J connectivity index is 0.000000164. The van der Waals surface area contributed by atoms with Gasteiger partial charge < -0.3 is 19.1 Å². The van der Waals surface area contributed by atoms with E-state index in [0.717, 1.165) is 64.7 Å². The summed E-state index contributed by atoms with van der Waals surface area (Å²) in [6.07, 6.45) is 0.579. The number of para-hydroxylation sites is 2. The first kappa shape index (κ1) is 33.1. The van der Waals surface area contributed by atoms with Crippen LogP contribution in [0.15, 0.2) is 120 Å². The maximum Gasteiger partial charge on any atom is 0.415 e. The van der Waals surface area contributed by atoms with Crippen LogP contribution in [-0.2, 0) is 31.7 Å². The first-order valence-electron chi connectivity index (χ1n) is 15.4. The average molecular weight is 819 g/mol. The number of nitrogens with zero attached hydrogens (tertiary/aromatic N) is 2. The topological polar surface area (TPSA) is 48.2 Å². The van der Waals surface area contributed by atoms with Crippen LogP contribution in [0.5, 0.6) is 11.5 Å². The molecule has 1 radical (unpaired) electrons. The normalized spacial score (nSPS) is 13.0. The molecule has 7 aromatic rings. The fraction of sp³-hybridized carbons (Fsp3) is 0.150. The van der Waals surface area contributed by atoms with Gasteiger partial charge in [0.05, 0.1) is 11.3 Å². The quantitative estimate of drug-likeness (QED) is 0.166. The van der Waals surface area contributed by atoms with E-state index in [0.29, 0.717) is 16.7 Å². The van der Waals surface area contributed by atoms with Gasteiger partial charge in [-0.1, -0.05) is 97.8 Å². The summed E-state index contributed by atoms with van der Waals surface area (Å²) in [4.78, 5) is 8.61. The van der Waals surface area contributed by atoms with Gasteiger partial charge in [-0.3, -0.25) is 0 Å². The van der Waals surface area contributed by atoms with Crippen molar-refractivity contribution < 1.29 is 42.4 Å². The summed E-state index contributed by atoms with van der Waals surface area (Å²) < 4.78 is 50.8. The molecule has 48 heavy (non-hydrogen) atoms. The second-order valence-corrected chi connectivity index (χ2v) is 11.3. The zero-order chi connectivity index (χ0) is 32.6. The number of benzene rings is 4. The van der Waals surface area contributed by atoms with Gasteiger partial charge >= 0.3 is 6.18 Å². The van der Waals surface area contributed by atoms with E-state index in [2.05, 4.69) is 54.1 Å². The number of rotatable bonds is 4. The molecule has 0 bridgehead atoms. The molecule has 0 N–H and O–H groups in total. The van der Waals surface area contributed by atoms with Crippen LogP contribution >= 0.6 is 0 Å². The zero-order valence-corrected chi connectivity index (χ0v) is 28.5. The molecule has 8 rings (SSSR count). The van der Waals surface area contributed by atoms with Crippen molar-refractivity contribution in [2.45, 2.75) is 38.3 Å². The predicted octanol–water partition coefficient (Wildman–Crippen LogP) is 11.2. The molecule has 1 aliphatic heterocycles. The molecule has 1 aliphatic rings. The van der Waals surface area contributed by atoms with Crippen molar-refractivity contribution in [3.8, 4) is 34.0 Å². The summed E-state index contributed by atoms with van der Waals surface area (Å²) in [6, 6.07) is 37.6. The smallest absolute Gasteiger partial charge is 0.415 e. The zero-order valence-electron chi connectivity index (χ0n) is 26.1. The van der Waals surface area contributed by atoms with Crippen molar-refractivity contribution in [2.24, 2.45) is 0 Å². The summed E-state index contributed by atoms with van der Waals surface area (Å²) in [5.74, 6) is 1.89. The third-order valence-corrected chi connectivity index (χ3v) is 8.87. The van der Waals surface area contributed by atoms with Crippen LogP contribution in [0.3, 0.4) is 0 Å². The van der Waals surface area contributed by atoms with E-state index in [-0.39, 0.29) is 31.2 Å². The van der Waals surface area contributed by atoms with Gasteiger partial charge in [0.2, 0.25) is 0 Å². The number of pyridine rings is 2. The van der Waals surface area contributed by atoms with Crippen LogP contribution in [0.2, 0.25) is 0 Å². The Morgan fingerprint density at radius 3 is 2.19 bits per heavy atom. The number of aromatic nitrogens is 2. The molecule has 0 atom stereocenters. The van der Waals surface area contributed by atoms with E-state index in [1.54, 1.807) is 6.07 Å². The van der Waals surface area contributed by atoms with E-state index >= 15 is 0 Å². The van der Waals surface area contributed by atoms with Gasteiger partial charge in [-0.15, -0.1) is 42.0 Å². The fourth-order valence-corrected chi connectivity index (χ4v) is 6.57. The number of hydrogen-bond acceptors (Lipinski definition) is 4. The molecule has 0 aliphatic carbocycles. The Kier molecular flexibility index (Phi) is 9.24. The standard InChI is InChI=1S/C22H20NO.C18H9F3NO.Ir/c1-3-22(4-2)17-11-5-6-13-19(17)24-20-14-9-10-16(21(20)22)18-12-7-8-15-23-18;19-18(20,21)11-8-9-22-15(10-11)14-6-3-5-13-12-4-1-2-7-16(12)23-17(13)14;/h5-9,11-15H,3-4H2,1-2H3;1-5,7-10H;/q2*-1;.